The summed E-state index contributed by atoms with van der Waals surface area (Å²) in [6, 6.07) is 14.0. The number of carbonyl (C=O) groups excluding carboxylic acids is 1. The molecule has 1 aliphatic rings. The molecule has 2 aromatic carbocycles. The predicted molar refractivity (Wildman–Crippen MR) is 131 cm³/mol. The van der Waals surface area contributed by atoms with Crippen molar-refractivity contribution in [3.05, 3.63) is 76.6 Å². The van der Waals surface area contributed by atoms with Crippen LogP contribution >= 0.6 is 0 Å². The zero-order valence-electron chi connectivity index (χ0n) is 18.8. The van der Waals surface area contributed by atoms with E-state index in [1.54, 1.807) is 19.5 Å². The lowest BCUT2D eigenvalue weighted by Gasteiger charge is -2.23. The van der Waals surface area contributed by atoms with Crippen molar-refractivity contribution in [2.24, 2.45) is 16.5 Å². The van der Waals surface area contributed by atoms with Crippen LogP contribution in [0.25, 0.3) is 11.3 Å². The Labute approximate surface area is 189 Å². The summed E-state index contributed by atoms with van der Waals surface area (Å²) in [5.74, 6) is -0.273. The number of anilines is 1. The van der Waals surface area contributed by atoms with Gasteiger partial charge in [-0.1, -0.05) is 30.3 Å². The molecule has 1 atom stereocenters. The largest absolute Gasteiger partial charge is 0.469 e. The average Bonchev–Trinajstić information content (AvgIpc) is 2.97. The molecule has 0 aromatic heterocycles. The van der Waals surface area contributed by atoms with Crippen molar-refractivity contribution in [1.82, 2.24) is 5.32 Å². The van der Waals surface area contributed by atoms with Gasteiger partial charge in [0.25, 0.3) is 0 Å². The van der Waals surface area contributed by atoms with E-state index in [2.05, 4.69) is 27.8 Å². The van der Waals surface area contributed by atoms with Gasteiger partial charge in [0.05, 0.1) is 25.3 Å². The van der Waals surface area contributed by atoms with E-state index in [0.717, 1.165) is 57.9 Å². The molecule has 0 saturated heterocycles. The topological polar surface area (TPSA) is 115 Å². The zero-order valence-corrected chi connectivity index (χ0v) is 18.8. The highest BCUT2D eigenvalue weighted by Gasteiger charge is 2.24. The molecule has 0 amide bonds. The highest BCUT2D eigenvalue weighted by Crippen LogP contribution is 2.34. The van der Waals surface area contributed by atoms with Gasteiger partial charge >= 0.3 is 5.97 Å². The number of para-hydroxylation sites is 1. The molecule has 0 saturated carbocycles. The van der Waals surface area contributed by atoms with Gasteiger partial charge in [-0.2, -0.15) is 0 Å². The number of hydrogen-bond donors (Lipinski definition) is 4. The smallest absolute Gasteiger partial charge is 0.310 e. The van der Waals surface area contributed by atoms with Gasteiger partial charge in [-0.15, -0.1) is 0 Å². The number of allylic oxidation sites excluding steroid dienone is 2. The SMILES string of the molecule is CN=CC(=CN)c1ccc2c(c1)C(Nc1ccccc1CC(=O)OC)CCN/C2=C(/C)N. The minimum atomic E-state index is -0.273. The van der Waals surface area contributed by atoms with Crippen molar-refractivity contribution < 1.29 is 9.53 Å². The van der Waals surface area contributed by atoms with E-state index in [0.29, 0.717) is 0 Å². The minimum absolute atomic E-state index is 0.00862. The average molecular weight is 434 g/mol. The number of methoxy groups -OCH3 is 1. The van der Waals surface area contributed by atoms with Crippen LogP contribution in [0.4, 0.5) is 5.69 Å². The van der Waals surface area contributed by atoms with Gasteiger partial charge < -0.3 is 26.8 Å². The van der Waals surface area contributed by atoms with E-state index >= 15 is 0 Å². The Morgan fingerprint density at radius 3 is 2.78 bits per heavy atom. The van der Waals surface area contributed by atoms with Crippen molar-refractivity contribution in [3.8, 4) is 0 Å². The van der Waals surface area contributed by atoms with Crippen molar-refractivity contribution in [1.29, 1.82) is 0 Å². The fourth-order valence-corrected chi connectivity index (χ4v) is 3.94. The molecular formula is C25H31N5O2. The first-order valence-electron chi connectivity index (χ1n) is 10.6. The summed E-state index contributed by atoms with van der Waals surface area (Å²) < 4.78 is 4.87. The number of esters is 1. The van der Waals surface area contributed by atoms with Gasteiger partial charge in [0.2, 0.25) is 0 Å². The van der Waals surface area contributed by atoms with E-state index < -0.39 is 0 Å². The molecule has 1 unspecified atom stereocenters. The lowest BCUT2D eigenvalue weighted by Crippen LogP contribution is -2.17. The predicted octanol–water partition coefficient (Wildman–Crippen LogP) is 3.20. The molecule has 6 N–H and O–H groups in total. The van der Waals surface area contributed by atoms with Crippen LogP contribution in [0.2, 0.25) is 0 Å². The molecule has 0 aliphatic carbocycles. The molecule has 7 heteroatoms. The first kappa shape index (κ1) is 22.9. The summed E-state index contributed by atoms with van der Waals surface area (Å²) in [5.41, 5.74) is 19.5. The van der Waals surface area contributed by atoms with Crippen LogP contribution in [0.15, 0.2) is 59.4 Å². The summed E-state index contributed by atoms with van der Waals surface area (Å²) in [6.45, 7) is 2.65. The Morgan fingerprint density at radius 2 is 2.09 bits per heavy atom. The second-order valence-electron chi connectivity index (χ2n) is 7.69. The first-order valence-corrected chi connectivity index (χ1v) is 10.6. The number of ether oxygens (including phenoxy) is 1. The Kier molecular flexibility index (Phi) is 7.54. The maximum absolute atomic E-state index is 11.9. The van der Waals surface area contributed by atoms with Gasteiger partial charge in [0.15, 0.2) is 0 Å². The standard InChI is InChI=1S/C25H31N5O2/c1-16(27)25-20-9-8-17(19(14-26)15-28-2)12-21(20)23(10-11-29-25)30-22-7-5-4-6-18(22)13-24(31)32-3/h4-9,12,14-15,23,29-30H,10-11,13,26-27H2,1-3H3/b19-14?,25-16-,28-15?. The van der Waals surface area contributed by atoms with Crippen LogP contribution < -0.4 is 22.1 Å². The molecular weight excluding hydrogens is 402 g/mol. The lowest BCUT2D eigenvalue weighted by atomic mass is 9.92. The van der Waals surface area contributed by atoms with Gasteiger partial charge in [0.1, 0.15) is 0 Å². The van der Waals surface area contributed by atoms with Gasteiger partial charge in [-0.05, 0) is 42.2 Å². The fraction of sp³-hybridized carbons (Fsp3) is 0.280. The molecule has 0 radical (unpaired) electrons. The Bertz CT molecular complexity index is 1070. The van der Waals surface area contributed by atoms with Crippen LogP contribution in [0.5, 0.6) is 0 Å². The maximum Gasteiger partial charge on any atom is 0.310 e. The molecule has 1 aliphatic heterocycles. The molecule has 0 spiro atoms. The van der Waals surface area contributed by atoms with Gasteiger partial charge in [-0.3, -0.25) is 9.79 Å². The normalized spacial score (nSPS) is 17.8. The summed E-state index contributed by atoms with van der Waals surface area (Å²) >= 11 is 0. The minimum Gasteiger partial charge on any atom is -0.469 e. The molecule has 168 valence electrons. The van der Waals surface area contributed by atoms with E-state index in [9.17, 15) is 4.79 Å². The van der Waals surface area contributed by atoms with Gasteiger partial charge in [-0.25, -0.2) is 0 Å². The number of nitrogens with two attached hydrogens (primary N) is 2. The van der Waals surface area contributed by atoms with Crippen molar-refractivity contribution >= 4 is 29.1 Å². The molecule has 1 heterocycles. The second kappa shape index (κ2) is 10.5. The molecule has 7 nitrogen and oxygen atoms in total. The van der Waals surface area contributed by atoms with Crippen molar-refractivity contribution in [2.75, 3.05) is 26.0 Å². The maximum atomic E-state index is 11.9. The van der Waals surface area contributed by atoms with Crippen LogP contribution in [0.3, 0.4) is 0 Å². The van der Waals surface area contributed by atoms with Gasteiger partial charge in [0, 0.05) is 48.5 Å². The number of aliphatic imine (C=N–C) groups is 1. The molecule has 2 aromatic rings. The number of carbonyl (C=O) groups is 1. The highest BCUT2D eigenvalue weighted by atomic mass is 16.5. The van der Waals surface area contributed by atoms with E-state index in [4.69, 9.17) is 16.2 Å². The van der Waals surface area contributed by atoms with Crippen molar-refractivity contribution in [2.45, 2.75) is 25.8 Å². The Balaban J connectivity index is 2.08. The first-order chi connectivity index (χ1) is 15.5. The van der Waals surface area contributed by atoms with Crippen LogP contribution in [-0.4, -0.2) is 32.9 Å². The van der Waals surface area contributed by atoms with Crippen LogP contribution in [0, 0.1) is 0 Å². The quantitative estimate of drug-likeness (QED) is 0.411. The zero-order chi connectivity index (χ0) is 23.1. The number of rotatable bonds is 6. The lowest BCUT2D eigenvalue weighted by molar-refractivity contribution is -0.139. The molecule has 0 bridgehead atoms. The number of nitrogens with zero attached hydrogens (tertiary/aromatic N) is 1. The number of nitrogens with one attached hydrogen (secondary N) is 2. The Hall–Kier alpha value is -3.74. The third-order valence-electron chi connectivity index (χ3n) is 5.52. The fourth-order valence-electron chi connectivity index (χ4n) is 3.94. The Morgan fingerprint density at radius 1 is 1.31 bits per heavy atom. The third-order valence-corrected chi connectivity index (χ3v) is 5.52. The molecule has 32 heavy (non-hydrogen) atoms. The molecule has 0 fully saturated rings. The summed E-state index contributed by atoms with van der Waals surface area (Å²) in [5, 5.41) is 7.13. The number of fused-ring (bicyclic) bond motifs is 1. The summed E-state index contributed by atoms with van der Waals surface area (Å²) in [6.07, 6.45) is 4.33. The van der Waals surface area contributed by atoms with E-state index in [-0.39, 0.29) is 18.4 Å². The number of hydrogen-bond acceptors (Lipinski definition) is 7. The molecule has 3 rings (SSSR count). The van der Waals surface area contributed by atoms with Crippen LogP contribution in [0.1, 0.15) is 41.6 Å². The van der Waals surface area contributed by atoms with Crippen molar-refractivity contribution in [3.63, 3.8) is 0 Å². The second-order valence-corrected chi connectivity index (χ2v) is 7.69. The highest BCUT2D eigenvalue weighted by molar-refractivity contribution is 6.09. The van der Waals surface area contributed by atoms with E-state index in [1.807, 2.05) is 37.3 Å². The van der Waals surface area contributed by atoms with E-state index in [1.165, 1.54) is 7.11 Å². The summed E-state index contributed by atoms with van der Waals surface area (Å²) in [4.78, 5) is 16.0. The number of benzene rings is 2. The van der Waals surface area contributed by atoms with Crippen LogP contribution in [-0.2, 0) is 16.0 Å². The third kappa shape index (κ3) is 5.11. The monoisotopic (exact) mass is 433 g/mol. The summed E-state index contributed by atoms with van der Waals surface area (Å²) in [7, 11) is 3.12.